The first-order valence-corrected chi connectivity index (χ1v) is 12.0. The maximum atomic E-state index is 13.3. The molecule has 3 saturated carbocycles. The third-order valence-corrected chi connectivity index (χ3v) is 8.02. The molecule has 2 nitrogen and oxygen atoms in total. The van der Waals surface area contributed by atoms with E-state index in [0.29, 0.717) is 5.92 Å². The zero-order valence-electron chi connectivity index (χ0n) is 18.5. The highest BCUT2D eigenvalue weighted by atomic mass is 16.1. The van der Waals surface area contributed by atoms with Crippen molar-refractivity contribution in [3.05, 3.63) is 70.3 Å². The minimum absolute atomic E-state index is 0.0850. The molecule has 1 amide bonds. The summed E-state index contributed by atoms with van der Waals surface area (Å²) in [5.74, 6) is 3.28. The zero-order chi connectivity index (χ0) is 20.7. The van der Waals surface area contributed by atoms with Crippen LogP contribution in [-0.2, 0) is 6.42 Å². The third kappa shape index (κ3) is 4.19. The Morgan fingerprint density at radius 1 is 1.00 bits per heavy atom. The van der Waals surface area contributed by atoms with Crippen molar-refractivity contribution >= 4 is 5.91 Å². The number of hydrogen-bond donors (Lipinski definition) is 1. The van der Waals surface area contributed by atoms with Gasteiger partial charge in [0.05, 0.1) is 6.04 Å². The van der Waals surface area contributed by atoms with Gasteiger partial charge in [0, 0.05) is 5.56 Å². The number of hydrogen-bond acceptors (Lipinski definition) is 1. The Morgan fingerprint density at radius 2 is 1.80 bits per heavy atom. The van der Waals surface area contributed by atoms with Gasteiger partial charge in [-0.15, -0.1) is 0 Å². The Hall–Kier alpha value is -2.09. The fourth-order valence-corrected chi connectivity index (χ4v) is 6.01. The van der Waals surface area contributed by atoms with Gasteiger partial charge in [0.25, 0.3) is 5.91 Å². The molecule has 2 bridgehead atoms. The average molecular weight is 402 g/mol. The lowest BCUT2D eigenvalue weighted by Crippen LogP contribution is -2.36. The number of benzene rings is 2. The second kappa shape index (κ2) is 8.21. The summed E-state index contributed by atoms with van der Waals surface area (Å²) in [4.78, 5) is 13.3. The lowest BCUT2D eigenvalue weighted by atomic mass is 9.80. The Balaban J connectivity index is 1.37. The van der Waals surface area contributed by atoms with Gasteiger partial charge in [-0.25, -0.2) is 0 Å². The molecule has 0 heterocycles. The Kier molecular flexibility index (Phi) is 5.43. The molecule has 3 aliphatic carbocycles. The maximum absolute atomic E-state index is 13.3. The lowest BCUT2D eigenvalue weighted by Gasteiger charge is -2.32. The molecule has 1 N–H and O–H groups in total. The van der Waals surface area contributed by atoms with Gasteiger partial charge in [0.15, 0.2) is 0 Å². The lowest BCUT2D eigenvalue weighted by molar-refractivity contribution is 0.0907. The van der Waals surface area contributed by atoms with Gasteiger partial charge >= 0.3 is 0 Å². The molecule has 30 heavy (non-hydrogen) atoms. The Morgan fingerprint density at radius 3 is 2.47 bits per heavy atom. The molecule has 2 heteroatoms. The molecule has 4 atom stereocenters. The van der Waals surface area contributed by atoms with Gasteiger partial charge in [-0.05, 0) is 92.4 Å². The van der Waals surface area contributed by atoms with E-state index >= 15 is 0 Å². The average Bonchev–Trinajstić information content (AvgIpc) is 3.35. The first-order chi connectivity index (χ1) is 14.6. The first kappa shape index (κ1) is 19.8. The van der Waals surface area contributed by atoms with E-state index < -0.39 is 0 Å². The van der Waals surface area contributed by atoms with Crippen LogP contribution in [0.5, 0.6) is 0 Å². The number of carbonyl (C=O) groups excluding carboxylic acids is 1. The van der Waals surface area contributed by atoms with Crippen molar-refractivity contribution in [3.63, 3.8) is 0 Å². The summed E-state index contributed by atoms with van der Waals surface area (Å²) in [6.45, 7) is 4.10. The normalized spacial score (nSPS) is 26.0. The minimum atomic E-state index is 0.0850. The van der Waals surface area contributed by atoms with Crippen molar-refractivity contribution in [1.82, 2.24) is 5.32 Å². The van der Waals surface area contributed by atoms with Crippen LogP contribution in [0.15, 0.2) is 42.5 Å². The molecule has 2 aromatic carbocycles. The zero-order valence-corrected chi connectivity index (χ0v) is 18.5. The maximum Gasteiger partial charge on any atom is 0.252 e. The Labute approximate surface area is 181 Å². The molecule has 3 fully saturated rings. The molecule has 2 aromatic rings. The van der Waals surface area contributed by atoms with Crippen LogP contribution in [0, 0.1) is 37.5 Å². The van der Waals surface area contributed by atoms with Crippen LogP contribution in [0.3, 0.4) is 0 Å². The number of aryl methyl sites for hydroxylation is 3. The summed E-state index contributed by atoms with van der Waals surface area (Å²) in [6.07, 6.45) is 10.7. The summed E-state index contributed by atoms with van der Waals surface area (Å²) >= 11 is 0. The molecule has 0 saturated heterocycles. The van der Waals surface area contributed by atoms with Gasteiger partial charge < -0.3 is 5.32 Å². The van der Waals surface area contributed by atoms with Crippen LogP contribution in [0.1, 0.15) is 83.6 Å². The summed E-state index contributed by atoms with van der Waals surface area (Å²) in [5.41, 5.74) is 5.76. The van der Waals surface area contributed by atoms with Crippen molar-refractivity contribution in [1.29, 1.82) is 0 Å². The smallest absolute Gasteiger partial charge is 0.252 e. The SMILES string of the molecule is Cc1ccc(C)c(C(=O)N[C@@H](c2ccc(CCC3CC3)cc2)C2C[C@H]3CC[C@@H]2C3)c1. The second-order valence-corrected chi connectivity index (χ2v) is 10.3. The van der Waals surface area contributed by atoms with E-state index in [1.165, 1.54) is 62.5 Å². The molecular formula is C28H35NO. The molecule has 0 aliphatic heterocycles. The van der Waals surface area contributed by atoms with E-state index in [0.717, 1.165) is 34.4 Å². The van der Waals surface area contributed by atoms with Crippen LogP contribution in [0.2, 0.25) is 0 Å². The summed E-state index contributed by atoms with van der Waals surface area (Å²) < 4.78 is 0. The largest absolute Gasteiger partial charge is 0.345 e. The highest BCUT2D eigenvalue weighted by Gasteiger charge is 2.44. The molecule has 0 aromatic heterocycles. The molecular weight excluding hydrogens is 366 g/mol. The number of nitrogens with one attached hydrogen (secondary N) is 1. The van der Waals surface area contributed by atoms with E-state index in [-0.39, 0.29) is 11.9 Å². The van der Waals surface area contributed by atoms with E-state index in [2.05, 4.69) is 48.6 Å². The molecule has 1 unspecified atom stereocenters. The molecule has 3 aliphatic rings. The van der Waals surface area contributed by atoms with E-state index in [4.69, 9.17) is 0 Å². The number of amides is 1. The number of fused-ring (bicyclic) bond motifs is 2. The van der Waals surface area contributed by atoms with E-state index in [9.17, 15) is 4.79 Å². The van der Waals surface area contributed by atoms with Crippen LogP contribution >= 0.6 is 0 Å². The van der Waals surface area contributed by atoms with Crippen LogP contribution in [0.25, 0.3) is 0 Å². The molecule has 158 valence electrons. The highest BCUT2D eigenvalue weighted by molar-refractivity contribution is 5.96. The second-order valence-electron chi connectivity index (χ2n) is 10.3. The monoisotopic (exact) mass is 401 g/mol. The van der Waals surface area contributed by atoms with Crippen molar-refractivity contribution < 1.29 is 4.79 Å². The van der Waals surface area contributed by atoms with Gasteiger partial charge in [-0.2, -0.15) is 0 Å². The fourth-order valence-electron chi connectivity index (χ4n) is 6.01. The summed E-state index contributed by atoms with van der Waals surface area (Å²) in [7, 11) is 0. The Bertz CT molecular complexity index is 911. The van der Waals surface area contributed by atoms with Gasteiger partial charge in [-0.1, -0.05) is 61.2 Å². The summed E-state index contributed by atoms with van der Waals surface area (Å²) in [5, 5.41) is 3.49. The van der Waals surface area contributed by atoms with E-state index in [1.54, 1.807) is 0 Å². The number of rotatable bonds is 7. The van der Waals surface area contributed by atoms with Crippen LogP contribution in [0.4, 0.5) is 0 Å². The van der Waals surface area contributed by atoms with Crippen LogP contribution < -0.4 is 5.32 Å². The topological polar surface area (TPSA) is 29.1 Å². The summed E-state index contributed by atoms with van der Waals surface area (Å²) in [6, 6.07) is 15.5. The van der Waals surface area contributed by atoms with Gasteiger partial charge in [0.1, 0.15) is 0 Å². The fraction of sp³-hybridized carbons (Fsp3) is 0.536. The molecule has 0 radical (unpaired) electrons. The van der Waals surface area contributed by atoms with Gasteiger partial charge in [-0.3, -0.25) is 4.79 Å². The quantitative estimate of drug-likeness (QED) is 0.560. The van der Waals surface area contributed by atoms with Crippen molar-refractivity contribution in [2.24, 2.45) is 23.7 Å². The van der Waals surface area contributed by atoms with Crippen molar-refractivity contribution in [3.8, 4) is 0 Å². The predicted molar refractivity (Wildman–Crippen MR) is 123 cm³/mol. The standard InChI is InChI=1S/C28H35NO/c1-18-3-4-19(2)25(15-18)28(30)29-27(26-17-22-11-14-24(26)16-22)23-12-9-21(10-13-23)8-7-20-5-6-20/h3-4,9-10,12-13,15,20,22,24,26-27H,5-8,11,14,16-17H2,1-2H3,(H,29,30)/t22-,24+,26?,27-/m0/s1. The molecule has 5 rings (SSSR count). The minimum Gasteiger partial charge on any atom is -0.345 e. The third-order valence-electron chi connectivity index (χ3n) is 8.02. The predicted octanol–water partition coefficient (Wildman–Crippen LogP) is 6.55. The van der Waals surface area contributed by atoms with E-state index in [1.807, 2.05) is 13.0 Å². The molecule has 0 spiro atoms. The van der Waals surface area contributed by atoms with Gasteiger partial charge in [0.2, 0.25) is 0 Å². The highest BCUT2D eigenvalue weighted by Crippen LogP contribution is 2.52. The van der Waals surface area contributed by atoms with Crippen LogP contribution in [-0.4, -0.2) is 5.91 Å². The van der Waals surface area contributed by atoms with Crippen molar-refractivity contribution in [2.45, 2.75) is 71.3 Å². The number of carbonyl (C=O) groups is 1. The van der Waals surface area contributed by atoms with Crippen molar-refractivity contribution in [2.75, 3.05) is 0 Å². The first-order valence-electron chi connectivity index (χ1n) is 12.0.